The van der Waals surface area contributed by atoms with Crippen LogP contribution >= 0.6 is 11.6 Å². The number of methoxy groups -OCH3 is 1. The van der Waals surface area contributed by atoms with Crippen LogP contribution in [0, 0.1) is 0 Å². The molecular weight excluding hydrogens is 350 g/mol. The van der Waals surface area contributed by atoms with Crippen molar-refractivity contribution in [3.05, 3.63) is 77.2 Å². The molecule has 2 unspecified atom stereocenters. The van der Waals surface area contributed by atoms with Crippen molar-refractivity contribution in [1.82, 2.24) is 4.90 Å². The highest BCUT2D eigenvalue weighted by molar-refractivity contribution is 6.18. The molecule has 0 saturated carbocycles. The molecule has 138 valence electrons. The largest absolute Gasteiger partial charge is 0.497 e. The van der Waals surface area contributed by atoms with Crippen LogP contribution in [0.3, 0.4) is 0 Å². The van der Waals surface area contributed by atoms with Crippen LogP contribution in [0.25, 0.3) is 0 Å². The monoisotopic (exact) mass is 373 g/mol. The van der Waals surface area contributed by atoms with Gasteiger partial charge in [-0.05, 0) is 31.0 Å². The Labute approximate surface area is 159 Å². The average molecular weight is 374 g/mol. The molecule has 0 spiro atoms. The van der Waals surface area contributed by atoms with Crippen molar-refractivity contribution in [3.63, 3.8) is 0 Å². The van der Waals surface area contributed by atoms with Crippen LogP contribution in [0.1, 0.15) is 30.7 Å². The summed E-state index contributed by atoms with van der Waals surface area (Å²) in [5.41, 5.74) is 2.90. The summed E-state index contributed by atoms with van der Waals surface area (Å²) in [5.74, 6) is 1.49. The highest BCUT2D eigenvalue weighted by Gasteiger charge is 2.34. The fraction of sp³-hybridized carbons (Fsp3) is 0.333. The third-order valence-electron chi connectivity index (χ3n) is 4.63. The molecule has 1 N–H and O–H groups in total. The molecule has 0 bridgehead atoms. The van der Waals surface area contributed by atoms with E-state index in [9.17, 15) is 5.11 Å². The van der Waals surface area contributed by atoms with E-state index in [0.717, 1.165) is 22.4 Å². The lowest BCUT2D eigenvalue weighted by Crippen LogP contribution is -2.39. The molecule has 0 radical (unpaired) electrons. The number of aliphatic hydroxyl groups excluding tert-OH is 1. The molecule has 5 heteroatoms. The first kappa shape index (κ1) is 18.6. The van der Waals surface area contributed by atoms with Crippen molar-refractivity contribution in [2.24, 2.45) is 0 Å². The molecule has 0 aliphatic carbocycles. The van der Waals surface area contributed by atoms with Gasteiger partial charge < -0.3 is 19.5 Å². The number of hydrogen-bond acceptors (Lipinski definition) is 4. The number of benzene rings is 2. The summed E-state index contributed by atoms with van der Waals surface area (Å²) >= 11 is 5.93. The van der Waals surface area contributed by atoms with Crippen LogP contribution in [-0.4, -0.2) is 29.1 Å². The number of halogens is 1. The van der Waals surface area contributed by atoms with Crippen molar-refractivity contribution < 1.29 is 14.6 Å². The summed E-state index contributed by atoms with van der Waals surface area (Å²) in [6.07, 6.45) is 0.0119. The SMILES string of the molecule is COc1ccc(C2OC(C)C(CCCl)=C(O)N2Cc2ccccc2)cc1. The Balaban J connectivity index is 1.97. The predicted molar refractivity (Wildman–Crippen MR) is 103 cm³/mol. The van der Waals surface area contributed by atoms with Crippen LogP contribution in [0.15, 0.2) is 66.1 Å². The van der Waals surface area contributed by atoms with Gasteiger partial charge in [0, 0.05) is 23.6 Å². The van der Waals surface area contributed by atoms with Gasteiger partial charge in [0.1, 0.15) is 5.75 Å². The quantitative estimate of drug-likeness (QED) is 0.722. The first-order valence-electron chi connectivity index (χ1n) is 8.72. The number of ether oxygens (including phenoxy) is 2. The van der Waals surface area contributed by atoms with E-state index < -0.39 is 0 Å². The van der Waals surface area contributed by atoms with Crippen LogP contribution < -0.4 is 4.74 Å². The Kier molecular flexibility index (Phi) is 6.07. The van der Waals surface area contributed by atoms with E-state index in [2.05, 4.69) is 0 Å². The number of rotatable bonds is 6. The molecule has 1 heterocycles. The van der Waals surface area contributed by atoms with Crippen LogP contribution in [0.2, 0.25) is 0 Å². The van der Waals surface area contributed by atoms with Gasteiger partial charge in [0.15, 0.2) is 12.1 Å². The van der Waals surface area contributed by atoms with Gasteiger partial charge in [0.25, 0.3) is 0 Å². The smallest absolute Gasteiger partial charge is 0.191 e. The minimum Gasteiger partial charge on any atom is -0.497 e. The van der Waals surface area contributed by atoms with Gasteiger partial charge in [-0.1, -0.05) is 42.5 Å². The van der Waals surface area contributed by atoms with Crippen LogP contribution in [-0.2, 0) is 11.3 Å². The summed E-state index contributed by atoms with van der Waals surface area (Å²) in [6, 6.07) is 17.8. The molecule has 0 saturated heterocycles. The van der Waals surface area contributed by atoms with Gasteiger partial charge in [-0.15, -0.1) is 11.6 Å². The second kappa shape index (κ2) is 8.47. The van der Waals surface area contributed by atoms with E-state index in [-0.39, 0.29) is 18.2 Å². The number of alkyl halides is 1. The first-order chi connectivity index (χ1) is 12.6. The second-order valence-electron chi connectivity index (χ2n) is 6.31. The van der Waals surface area contributed by atoms with Gasteiger partial charge in [0.2, 0.25) is 0 Å². The molecule has 2 aromatic rings. The Bertz CT molecular complexity index is 746. The van der Waals surface area contributed by atoms with Crippen molar-refractivity contribution in [2.45, 2.75) is 32.2 Å². The Morgan fingerprint density at radius 2 is 1.81 bits per heavy atom. The predicted octanol–water partition coefficient (Wildman–Crippen LogP) is 5.01. The summed E-state index contributed by atoms with van der Waals surface area (Å²) in [7, 11) is 1.64. The molecule has 0 amide bonds. The standard InChI is InChI=1S/C21H24ClNO3/c1-15-19(12-13-22)20(24)23(14-16-6-4-3-5-7-16)21(26-15)17-8-10-18(25-2)11-9-17/h3-11,15,21,24H,12-14H2,1-2H3. The minimum atomic E-state index is -0.379. The number of hydrogen-bond donors (Lipinski definition) is 1. The van der Waals surface area contributed by atoms with Crippen molar-refractivity contribution in [1.29, 1.82) is 0 Å². The zero-order chi connectivity index (χ0) is 18.5. The molecular formula is C21H24ClNO3. The molecule has 26 heavy (non-hydrogen) atoms. The summed E-state index contributed by atoms with van der Waals surface area (Å²) in [4.78, 5) is 1.89. The van der Waals surface area contributed by atoms with Crippen molar-refractivity contribution >= 4 is 11.6 Å². The lowest BCUT2D eigenvalue weighted by Gasteiger charge is -2.40. The Morgan fingerprint density at radius 3 is 2.42 bits per heavy atom. The maximum absolute atomic E-state index is 11.0. The third kappa shape index (κ3) is 3.97. The van der Waals surface area contributed by atoms with Crippen molar-refractivity contribution in [2.75, 3.05) is 13.0 Å². The topological polar surface area (TPSA) is 41.9 Å². The molecule has 2 aromatic carbocycles. The van der Waals surface area contributed by atoms with Gasteiger partial charge in [-0.3, -0.25) is 0 Å². The maximum Gasteiger partial charge on any atom is 0.191 e. The summed E-state index contributed by atoms with van der Waals surface area (Å²) in [5, 5.41) is 11.0. The van der Waals surface area contributed by atoms with Gasteiger partial charge >= 0.3 is 0 Å². The molecule has 1 aliphatic heterocycles. The normalized spacial score (nSPS) is 20.3. The maximum atomic E-state index is 11.0. The first-order valence-corrected chi connectivity index (χ1v) is 9.25. The fourth-order valence-corrected chi connectivity index (χ4v) is 3.41. The van der Waals surface area contributed by atoms with Crippen LogP contribution in [0.4, 0.5) is 0 Å². The molecule has 1 aliphatic rings. The van der Waals surface area contributed by atoms with Gasteiger partial charge in [-0.2, -0.15) is 0 Å². The van der Waals surface area contributed by atoms with E-state index >= 15 is 0 Å². The summed E-state index contributed by atoms with van der Waals surface area (Å²) < 4.78 is 11.5. The molecule has 4 nitrogen and oxygen atoms in total. The number of aliphatic hydroxyl groups is 1. The van der Waals surface area contributed by atoms with E-state index in [1.54, 1.807) is 7.11 Å². The fourth-order valence-electron chi connectivity index (χ4n) is 3.21. The van der Waals surface area contributed by atoms with Crippen molar-refractivity contribution in [3.8, 4) is 5.75 Å². The highest BCUT2D eigenvalue weighted by Crippen LogP contribution is 2.37. The van der Waals surface area contributed by atoms with Gasteiger partial charge in [-0.25, -0.2) is 0 Å². The highest BCUT2D eigenvalue weighted by atomic mass is 35.5. The van der Waals surface area contributed by atoms with E-state index in [4.69, 9.17) is 21.1 Å². The zero-order valence-corrected chi connectivity index (χ0v) is 15.8. The van der Waals surface area contributed by atoms with E-state index in [1.165, 1.54) is 0 Å². The molecule has 3 rings (SSSR count). The Morgan fingerprint density at radius 1 is 1.12 bits per heavy atom. The van der Waals surface area contributed by atoms with Gasteiger partial charge in [0.05, 0.1) is 13.2 Å². The van der Waals surface area contributed by atoms with Crippen LogP contribution in [0.5, 0.6) is 5.75 Å². The second-order valence-corrected chi connectivity index (χ2v) is 6.68. The van der Waals surface area contributed by atoms with E-state index in [1.807, 2.05) is 66.4 Å². The number of nitrogens with zero attached hydrogens (tertiary/aromatic N) is 1. The zero-order valence-electron chi connectivity index (χ0n) is 15.1. The molecule has 0 aromatic heterocycles. The average Bonchev–Trinajstić information content (AvgIpc) is 2.68. The summed E-state index contributed by atoms with van der Waals surface area (Å²) in [6.45, 7) is 2.50. The molecule has 2 atom stereocenters. The third-order valence-corrected chi connectivity index (χ3v) is 4.82. The lowest BCUT2D eigenvalue weighted by molar-refractivity contribution is -0.115. The molecule has 0 fully saturated rings. The Hall–Kier alpha value is -2.17. The lowest BCUT2D eigenvalue weighted by atomic mass is 10.0. The van der Waals surface area contributed by atoms with E-state index in [0.29, 0.717) is 18.8 Å². The minimum absolute atomic E-state index is 0.201.